The van der Waals surface area contributed by atoms with Crippen molar-refractivity contribution in [2.45, 2.75) is 32.2 Å². The van der Waals surface area contributed by atoms with Crippen LogP contribution in [0.25, 0.3) is 0 Å². The molecule has 0 aromatic heterocycles. The molecule has 0 bridgehead atoms. The molecule has 0 spiro atoms. The maximum atomic E-state index is 5.63. The molecular weight excluding hydrogens is 248 g/mol. The molecule has 1 aliphatic carbocycles. The third-order valence-corrected chi connectivity index (χ3v) is 4.30. The Balaban J connectivity index is 1.40. The van der Waals surface area contributed by atoms with E-state index < -0.39 is 0 Å². The SMILES string of the molecule is CN1CCCc2cc(CNCCOCC3CC3)ccc21. The lowest BCUT2D eigenvalue weighted by molar-refractivity contribution is 0.126. The summed E-state index contributed by atoms with van der Waals surface area (Å²) in [5, 5.41) is 3.48. The van der Waals surface area contributed by atoms with Gasteiger partial charge in [-0.2, -0.15) is 0 Å². The highest BCUT2D eigenvalue weighted by Gasteiger charge is 2.20. The number of nitrogens with one attached hydrogen (secondary N) is 1. The maximum absolute atomic E-state index is 5.63. The van der Waals surface area contributed by atoms with E-state index in [2.05, 4.69) is 35.5 Å². The van der Waals surface area contributed by atoms with Crippen LogP contribution >= 0.6 is 0 Å². The highest BCUT2D eigenvalue weighted by Crippen LogP contribution is 2.28. The Morgan fingerprint density at radius 2 is 2.25 bits per heavy atom. The molecule has 1 heterocycles. The van der Waals surface area contributed by atoms with Crippen molar-refractivity contribution in [2.75, 3.05) is 38.3 Å². The Morgan fingerprint density at radius 1 is 1.35 bits per heavy atom. The summed E-state index contributed by atoms with van der Waals surface area (Å²) in [6.45, 7) is 4.88. The summed E-state index contributed by atoms with van der Waals surface area (Å²) >= 11 is 0. The van der Waals surface area contributed by atoms with Crippen molar-refractivity contribution in [3.05, 3.63) is 29.3 Å². The molecule has 1 aliphatic heterocycles. The summed E-state index contributed by atoms with van der Waals surface area (Å²) in [6.07, 6.45) is 5.24. The van der Waals surface area contributed by atoms with E-state index in [1.54, 1.807) is 0 Å². The fraction of sp³-hybridized carbons (Fsp3) is 0.647. The van der Waals surface area contributed by atoms with Crippen molar-refractivity contribution in [3.63, 3.8) is 0 Å². The standard InChI is InChI=1S/C17H26N2O/c1-19-9-2-3-16-11-15(6-7-17(16)19)12-18-8-10-20-13-14-4-5-14/h6-7,11,14,18H,2-5,8-10,12-13H2,1H3. The van der Waals surface area contributed by atoms with Gasteiger partial charge in [-0.25, -0.2) is 0 Å². The number of rotatable bonds is 7. The van der Waals surface area contributed by atoms with Crippen molar-refractivity contribution in [1.82, 2.24) is 5.32 Å². The minimum atomic E-state index is 0.837. The monoisotopic (exact) mass is 274 g/mol. The first kappa shape index (κ1) is 13.9. The fourth-order valence-corrected chi connectivity index (χ4v) is 2.86. The molecule has 0 atom stereocenters. The topological polar surface area (TPSA) is 24.5 Å². The molecule has 2 aliphatic rings. The molecule has 3 nitrogen and oxygen atoms in total. The highest BCUT2D eigenvalue weighted by atomic mass is 16.5. The third kappa shape index (κ3) is 3.74. The van der Waals surface area contributed by atoms with Gasteiger partial charge in [-0.1, -0.05) is 12.1 Å². The molecule has 1 saturated carbocycles. The van der Waals surface area contributed by atoms with Crippen LogP contribution in [0.3, 0.4) is 0 Å². The number of benzene rings is 1. The Kier molecular flexibility index (Phi) is 4.58. The first-order chi connectivity index (χ1) is 9.83. The van der Waals surface area contributed by atoms with E-state index in [1.165, 1.54) is 49.0 Å². The lowest BCUT2D eigenvalue weighted by Crippen LogP contribution is -2.25. The quantitative estimate of drug-likeness (QED) is 0.774. The van der Waals surface area contributed by atoms with Gasteiger partial charge in [0.15, 0.2) is 0 Å². The number of hydrogen-bond acceptors (Lipinski definition) is 3. The van der Waals surface area contributed by atoms with Gasteiger partial charge in [0, 0.05) is 39.0 Å². The summed E-state index contributed by atoms with van der Waals surface area (Å²) in [4.78, 5) is 2.36. The number of fused-ring (bicyclic) bond motifs is 1. The van der Waals surface area contributed by atoms with Crippen LogP contribution < -0.4 is 10.2 Å². The van der Waals surface area contributed by atoms with Crippen LogP contribution in [0.15, 0.2) is 18.2 Å². The molecule has 0 amide bonds. The van der Waals surface area contributed by atoms with E-state index in [-0.39, 0.29) is 0 Å². The molecule has 3 rings (SSSR count). The van der Waals surface area contributed by atoms with Gasteiger partial charge in [-0.3, -0.25) is 0 Å². The van der Waals surface area contributed by atoms with Gasteiger partial charge < -0.3 is 15.0 Å². The zero-order chi connectivity index (χ0) is 13.8. The molecule has 0 saturated heterocycles. The number of aryl methyl sites for hydroxylation is 1. The largest absolute Gasteiger partial charge is 0.380 e. The maximum Gasteiger partial charge on any atom is 0.0591 e. The predicted octanol–water partition coefficient (Wildman–Crippen LogP) is 2.59. The van der Waals surface area contributed by atoms with Crippen molar-refractivity contribution in [1.29, 1.82) is 0 Å². The first-order valence-electron chi connectivity index (χ1n) is 7.94. The summed E-state index contributed by atoms with van der Waals surface area (Å²) in [5.74, 6) is 0.868. The number of hydrogen-bond donors (Lipinski definition) is 1. The van der Waals surface area contributed by atoms with E-state index in [9.17, 15) is 0 Å². The van der Waals surface area contributed by atoms with E-state index in [0.717, 1.165) is 32.2 Å². The Hall–Kier alpha value is -1.06. The first-order valence-corrected chi connectivity index (χ1v) is 7.94. The van der Waals surface area contributed by atoms with Gasteiger partial charge in [0.05, 0.1) is 6.61 Å². The third-order valence-electron chi connectivity index (χ3n) is 4.30. The molecule has 1 fully saturated rings. The predicted molar refractivity (Wildman–Crippen MR) is 83.3 cm³/mol. The van der Waals surface area contributed by atoms with Gasteiger partial charge in [-0.15, -0.1) is 0 Å². The number of anilines is 1. The summed E-state index contributed by atoms with van der Waals surface area (Å²) in [7, 11) is 2.19. The normalized spacial score (nSPS) is 18.1. The summed E-state index contributed by atoms with van der Waals surface area (Å²) in [5.41, 5.74) is 4.30. The van der Waals surface area contributed by atoms with Gasteiger partial charge in [-0.05, 0) is 48.8 Å². The van der Waals surface area contributed by atoms with Crippen molar-refractivity contribution >= 4 is 5.69 Å². The van der Waals surface area contributed by atoms with Gasteiger partial charge in [0.25, 0.3) is 0 Å². The van der Waals surface area contributed by atoms with Crippen molar-refractivity contribution < 1.29 is 4.74 Å². The molecule has 110 valence electrons. The molecule has 1 aromatic rings. The average molecular weight is 274 g/mol. The summed E-state index contributed by atoms with van der Waals surface area (Å²) < 4.78 is 5.63. The van der Waals surface area contributed by atoms with Gasteiger partial charge >= 0.3 is 0 Å². The van der Waals surface area contributed by atoms with E-state index in [0.29, 0.717) is 0 Å². The van der Waals surface area contributed by atoms with E-state index in [1.807, 2.05) is 0 Å². The van der Waals surface area contributed by atoms with Gasteiger partial charge in [0.1, 0.15) is 0 Å². The zero-order valence-corrected chi connectivity index (χ0v) is 12.5. The Morgan fingerprint density at radius 3 is 3.10 bits per heavy atom. The second-order valence-electron chi connectivity index (χ2n) is 6.18. The molecule has 3 heteroatoms. The van der Waals surface area contributed by atoms with Crippen LogP contribution in [0.1, 0.15) is 30.4 Å². The van der Waals surface area contributed by atoms with E-state index in [4.69, 9.17) is 4.74 Å². The molecule has 20 heavy (non-hydrogen) atoms. The number of nitrogens with zero attached hydrogens (tertiary/aromatic N) is 1. The second kappa shape index (κ2) is 6.59. The minimum absolute atomic E-state index is 0.837. The smallest absolute Gasteiger partial charge is 0.0591 e. The Labute approximate surface area is 122 Å². The van der Waals surface area contributed by atoms with Crippen LogP contribution in [0.2, 0.25) is 0 Å². The molecule has 0 unspecified atom stereocenters. The van der Waals surface area contributed by atoms with Crippen molar-refractivity contribution in [2.24, 2.45) is 5.92 Å². The number of ether oxygens (including phenoxy) is 1. The van der Waals surface area contributed by atoms with Crippen molar-refractivity contribution in [3.8, 4) is 0 Å². The minimum Gasteiger partial charge on any atom is -0.380 e. The fourth-order valence-electron chi connectivity index (χ4n) is 2.86. The van der Waals surface area contributed by atoms with Crippen LogP contribution in [-0.2, 0) is 17.7 Å². The Bertz CT molecular complexity index is 443. The molecule has 1 aromatic carbocycles. The van der Waals surface area contributed by atoms with E-state index >= 15 is 0 Å². The second-order valence-corrected chi connectivity index (χ2v) is 6.18. The zero-order valence-electron chi connectivity index (χ0n) is 12.5. The average Bonchev–Trinajstić information content (AvgIpc) is 3.27. The van der Waals surface area contributed by atoms with Crippen LogP contribution in [0.5, 0.6) is 0 Å². The van der Waals surface area contributed by atoms with Crippen LogP contribution in [-0.4, -0.2) is 33.4 Å². The highest BCUT2D eigenvalue weighted by molar-refractivity contribution is 5.56. The van der Waals surface area contributed by atoms with Gasteiger partial charge in [0.2, 0.25) is 0 Å². The molecular formula is C17H26N2O. The lowest BCUT2D eigenvalue weighted by Gasteiger charge is -2.27. The molecule has 0 radical (unpaired) electrons. The summed E-state index contributed by atoms with van der Waals surface area (Å²) in [6, 6.07) is 6.89. The molecule has 1 N–H and O–H groups in total. The van der Waals surface area contributed by atoms with Crippen LogP contribution in [0.4, 0.5) is 5.69 Å². The van der Waals surface area contributed by atoms with Crippen LogP contribution in [0, 0.1) is 5.92 Å². The lowest BCUT2D eigenvalue weighted by atomic mass is 9.99.